The Morgan fingerprint density at radius 1 is 0.875 bits per heavy atom. The molecule has 0 saturated heterocycles. The molecule has 7 nitrogen and oxygen atoms in total. The first-order chi connectivity index (χ1) is 19.3. The van der Waals surface area contributed by atoms with Gasteiger partial charge in [0.15, 0.2) is 0 Å². The molecule has 0 radical (unpaired) electrons. The van der Waals surface area contributed by atoms with E-state index < -0.39 is 6.04 Å². The molecule has 1 aliphatic heterocycles. The van der Waals surface area contributed by atoms with Gasteiger partial charge in [0.1, 0.15) is 6.04 Å². The van der Waals surface area contributed by atoms with Crippen molar-refractivity contribution in [1.82, 2.24) is 15.1 Å². The predicted molar refractivity (Wildman–Crippen MR) is 155 cm³/mol. The predicted octanol–water partition coefficient (Wildman–Crippen LogP) is 5.54. The van der Waals surface area contributed by atoms with Crippen LogP contribution < -0.4 is 5.32 Å². The Morgan fingerprint density at radius 3 is 2.08 bits per heavy atom. The van der Waals surface area contributed by atoms with Crippen molar-refractivity contribution in [3.05, 3.63) is 105 Å². The summed E-state index contributed by atoms with van der Waals surface area (Å²) in [4.78, 5) is 55.4. The summed E-state index contributed by atoms with van der Waals surface area (Å²) in [7, 11) is 0. The van der Waals surface area contributed by atoms with Crippen LogP contribution in [0.15, 0.2) is 72.8 Å². The minimum absolute atomic E-state index is 0.0157. The van der Waals surface area contributed by atoms with Crippen molar-refractivity contribution < 1.29 is 19.2 Å². The lowest BCUT2D eigenvalue weighted by Crippen LogP contribution is -2.50. The van der Waals surface area contributed by atoms with E-state index in [4.69, 9.17) is 23.2 Å². The summed E-state index contributed by atoms with van der Waals surface area (Å²) in [6.45, 7) is 2.54. The maximum absolute atomic E-state index is 13.8. The Hall–Kier alpha value is -3.68. The maximum Gasteiger partial charge on any atom is 0.261 e. The SMILES string of the molecule is CCCNC(=O)C(Cc1ccccc1)N(Cc1c(Cl)cccc1Cl)C(=O)CCCN1C(=O)c2ccccc2C1=O. The molecule has 0 aromatic heterocycles. The van der Waals surface area contributed by atoms with Crippen molar-refractivity contribution in [2.75, 3.05) is 13.1 Å². The second kappa shape index (κ2) is 13.6. The van der Waals surface area contributed by atoms with Gasteiger partial charge in [0, 0.05) is 48.1 Å². The smallest absolute Gasteiger partial charge is 0.261 e. The van der Waals surface area contributed by atoms with E-state index in [9.17, 15) is 19.2 Å². The van der Waals surface area contributed by atoms with Gasteiger partial charge in [-0.3, -0.25) is 24.1 Å². The molecule has 9 heteroatoms. The zero-order valence-corrected chi connectivity index (χ0v) is 23.8. The van der Waals surface area contributed by atoms with E-state index in [-0.39, 0.29) is 49.6 Å². The highest BCUT2D eigenvalue weighted by Crippen LogP contribution is 2.28. The average Bonchev–Trinajstić information content (AvgIpc) is 3.20. The van der Waals surface area contributed by atoms with Crippen LogP contribution in [0.1, 0.15) is 58.0 Å². The van der Waals surface area contributed by atoms with Crippen molar-refractivity contribution >= 4 is 46.8 Å². The van der Waals surface area contributed by atoms with Gasteiger partial charge in [0.25, 0.3) is 11.8 Å². The van der Waals surface area contributed by atoms with E-state index in [1.54, 1.807) is 42.5 Å². The van der Waals surface area contributed by atoms with Crippen LogP contribution in [-0.2, 0) is 22.6 Å². The molecule has 0 saturated carbocycles. The lowest BCUT2D eigenvalue weighted by Gasteiger charge is -2.32. The van der Waals surface area contributed by atoms with Crippen molar-refractivity contribution in [2.45, 2.75) is 45.2 Å². The fourth-order valence-electron chi connectivity index (χ4n) is 4.75. The summed E-state index contributed by atoms with van der Waals surface area (Å²) in [5.74, 6) is -1.31. The van der Waals surface area contributed by atoms with Crippen LogP contribution >= 0.6 is 23.2 Å². The second-order valence-electron chi connectivity index (χ2n) is 9.63. The van der Waals surface area contributed by atoms with Crippen LogP contribution in [-0.4, -0.2) is 52.6 Å². The lowest BCUT2D eigenvalue weighted by atomic mass is 10.0. The zero-order valence-electron chi connectivity index (χ0n) is 22.2. The van der Waals surface area contributed by atoms with Gasteiger partial charge in [-0.15, -0.1) is 0 Å². The Morgan fingerprint density at radius 2 is 1.48 bits per heavy atom. The number of nitrogens with zero attached hydrogens (tertiary/aromatic N) is 2. The Kier molecular flexibility index (Phi) is 9.96. The molecule has 4 amide bonds. The third kappa shape index (κ3) is 6.72. The number of fused-ring (bicyclic) bond motifs is 1. The molecule has 1 aliphatic rings. The van der Waals surface area contributed by atoms with Gasteiger partial charge in [-0.1, -0.05) is 78.7 Å². The Bertz CT molecular complexity index is 1340. The summed E-state index contributed by atoms with van der Waals surface area (Å²) in [5.41, 5.74) is 2.17. The quantitative estimate of drug-likeness (QED) is 0.285. The molecule has 0 aliphatic carbocycles. The number of amides is 4. The first-order valence-corrected chi connectivity index (χ1v) is 14.1. The number of hydrogen-bond donors (Lipinski definition) is 1. The van der Waals surface area contributed by atoms with Gasteiger partial charge < -0.3 is 10.2 Å². The number of carbonyl (C=O) groups excluding carboxylic acids is 4. The van der Waals surface area contributed by atoms with E-state index in [0.29, 0.717) is 39.7 Å². The average molecular weight is 581 g/mol. The topological polar surface area (TPSA) is 86.8 Å². The van der Waals surface area contributed by atoms with Crippen LogP contribution in [0.3, 0.4) is 0 Å². The summed E-state index contributed by atoms with van der Waals surface area (Å²) < 4.78 is 0. The van der Waals surface area contributed by atoms with Gasteiger partial charge in [-0.2, -0.15) is 0 Å². The van der Waals surface area contributed by atoms with Crippen LogP contribution in [0.25, 0.3) is 0 Å². The van der Waals surface area contributed by atoms with Crippen molar-refractivity contribution in [2.24, 2.45) is 0 Å². The molecule has 1 N–H and O–H groups in total. The van der Waals surface area contributed by atoms with Gasteiger partial charge in [0.05, 0.1) is 11.1 Å². The minimum Gasteiger partial charge on any atom is -0.354 e. The molecule has 40 heavy (non-hydrogen) atoms. The highest BCUT2D eigenvalue weighted by molar-refractivity contribution is 6.36. The molecular formula is C31H31Cl2N3O4. The summed E-state index contributed by atoms with van der Waals surface area (Å²) >= 11 is 12.9. The third-order valence-corrected chi connectivity index (χ3v) is 7.57. The monoisotopic (exact) mass is 579 g/mol. The fraction of sp³-hybridized carbons (Fsp3) is 0.290. The summed E-state index contributed by atoms with van der Waals surface area (Å²) in [6, 6.07) is 20.4. The summed E-state index contributed by atoms with van der Waals surface area (Å²) in [6.07, 6.45) is 1.30. The normalized spacial score (nSPS) is 13.2. The number of nitrogens with one attached hydrogen (secondary N) is 1. The number of halogens is 2. The zero-order chi connectivity index (χ0) is 28.6. The van der Waals surface area contributed by atoms with E-state index >= 15 is 0 Å². The molecule has 0 bridgehead atoms. The second-order valence-corrected chi connectivity index (χ2v) is 10.4. The van der Waals surface area contributed by atoms with Crippen LogP contribution in [0.2, 0.25) is 10.0 Å². The van der Waals surface area contributed by atoms with Crippen LogP contribution in [0.4, 0.5) is 0 Å². The lowest BCUT2D eigenvalue weighted by molar-refractivity contribution is -0.141. The van der Waals surface area contributed by atoms with E-state index in [0.717, 1.165) is 12.0 Å². The molecule has 3 aromatic rings. The molecule has 4 rings (SSSR count). The summed E-state index contributed by atoms with van der Waals surface area (Å²) in [5, 5.41) is 3.71. The first-order valence-electron chi connectivity index (χ1n) is 13.3. The van der Waals surface area contributed by atoms with E-state index in [1.165, 1.54) is 9.80 Å². The van der Waals surface area contributed by atoms with Gasteiger partial charge in [0.2, 0.25) is 11.8 Å². The van der Waals surface area contributed by atoms with Crippen molar-refractivity contribution in [3.8, 4) is 0 Å². The number of hydrogen-bond acceptors (Lipinski definition) is 4. The number of carbonyl (C=O) groups is 4. The standard InChI is InChI=1S/C31H31Cl2N3O4/c1-2-17-34-29(38)27(19-21-10-4-3-5-11-21)36(20-24-25(32)14-8-15-26(24)33)28(37)16-9-18-35-30(39)22-12-6-7-13-23(22)31(35)40/h3-8,10-15,27H,2,9,16-20H2,1H3,(H,34,38). The van der Waals surface area contributed by atoms with Gasteiger partial charge >= 0.3 is 0 Å². The number of rotatable bonds is 12. The molecule has 1 atom stereocenters. The maximum atomic E-state index is 13.8. The van der Waals surface area contributed by atoms with Gasteiger partial charge in [-0.25, -0.2) is 0 Å². The molecule has 1 unspecified atom stereocenters. The largest absolute Gasteiger partial charge is 0.354 e. The van der Waals surface area contributed by atoms with E-state index in [1.807, 2.05) is 37.3 Å². The third-order valence-electron chi connectivity index (χ3n) is 6.86. The molecule has 208 valence electrons. The number of benzene rings is 3. The van der Waals surface area contributed by atoms with Crippen molar-refractivity contribution in [1.29, 1.82) is 0 Å². The number of imide groups is 1. The van der Waals surface area contributed by atoms with Gasteiger partial charge in [-0.05, 0) is 42.7 Å². The molecule has 0 fully saturated rings. The van der Waals surface area contributed by atoms with Crippen molar-refractivity contribution in [3.63, 3.8) is 0 Å². The molecule has 3 aromatic carbocycles. The molecule has 1 heterocycles. The highest BCUT2D eigenvalue weighted by atomic mass is 35.5. The minimum atomic E-state index is -0.826. The first kappa shape index (κ1) is 29.3. The van der Waals surface area contributed by atoms with Crippen LogP contribution in [0, 0.1) is 0 Å². The fourth-order valence-corrected chi connectivity index (χ4v) is 5.26. The molecule has 0 spiro atoms. The molecular weight excluding hydrogens is 549 g/mol. The Balaban J connectivity index is 1.57. The van der Waals surface area contributed by atoms with E-state index in [2.05, 4.69) is 5.32 Å². The van der Waals surface area contributed by atoms with Crippen LogP contribution in [0.5, 0.6) is 0 Å². The highest BCUT2D eigenvalue weighted by Gasteiger charge is 2.35. The Labute approximate surface area is 244 Å².